The smallest absolute Gasteiger partial charge is 0.338 e. The molecule has 1 amide bonds. The molecule has 0 aromatic carbocycles. The lowest BCUT2D eigenvalue weighted by molar-refractivity contribution is -0.144. The molecule has 2 unspecified atom stereocenters. The minimum Gasteiger partial charge on any atom is -0.338 e. The number of aromatic nitrogens is 2. The molecule has 1 saturated heterocycles. The Hall–Kier alpha value is -1.70. The number of hydrogen-bond acceptors (Lipinski definition) is 4. The summed E-state index contributed by atoms with van der Waals surface area (Å²) in [4.78, 5) is 22.5. The van der Waals surface area contributed by atoms with E-state index in [2.05, 4.69) is 9.97 Å². The Morgan fingerprint density at radius 1 is 1.28 bits per heavy atom. The fraction of sp³-hybridized carbons (Fsp3) is 0.706. The van der Waals surface area contributed by atoms with Crippen LogP contribution in [-0.2, 0) is 23.8 Å². The van der Waals surface area contributed by atoms with Gasteiger partial charge in [-0.05, 0) is 45.4 Å². The van der Waals surface area contributed by atoms with E-state index in [1.807, 2.05) is 0 Å². The lowest BCUT2D eigenvalue weighted by Gasteiger charge is -2.38. The van der Waals surface area contributed by atoms with E-state index >= 15 is 0 Å². The summed E-state index contributed by atoms with van der Waals surface area (Å²) in [5, 5.41) is 0. The molecule has 0 saturated carbocycles. The first-order chi connectivity index (χ1) is 11.8. The maximum Gasteiger partial charge on any atom is 0.433 e. The molecule has 2 aliphatic rings. The quantitative estimate of drug-likeness (QED) is 0.882. The van der Waals surface area contributed by atoms with Gasteiger partial charge in [-0.25, -0.2) is 9.97 Å². The molecule has 5 nitrogen and oxygen atoms in total. The van der Waals surface area contributed by atoms with Gasteiger partial charge < -0.3 is 10.6 Å². The van der Waals surface area contributed by atoms with Gasteiger partial charge in [0.1, 0.15) is 5.82 Å². The zero-order chi connectivity index (χ0) is 18.2. The second-order valence-electron chi connectivity index (χ2n) is 6.90. The molecule has 8 heteroatoms. The van der Waals surface area contributed by atoms with E-state index in [4.69, 9.17) is 5.73 Å². The van der Waals surface area contributed by atoms with E-state index in [9.17, 15) is 18.0 Å². The Balaban J connectivity index is 1.86. The van der Waals surface area contributed by atoms with Crippen LogP contribution in [0.1, 0.15) is 48.5 Å². The van der Waals surface area contributed by atoms with Crippen molar-refractivity contribution in [3.63, 3.8) is 0 Å². The average molecular weight is 356 g/mol. The highest BCUT2D eigenvalue weighted by Gasteiger charge is 2.41. The molecule has 3 rings (SSSR count). The van der Waals surface area contributed by atoms with Crippen molar-refractivity contribution in [2.24, 2.45) is 11.7 Å². The Kier molecular flexibility index (Phi) is 4.99. The van der Waals surface area contributed by atoms with Crippen LogP contribution in [0.2, 0.25) is 0 Å². The topological polar surface area (TPSA) is 72.1 Å². The number of carbonyl (C=O) groups is 1. The fourth-order valence-electron chi connectivity index (χ4n) is 3.95. The van der Waals surface area contributed by atoms with E-state index in [-0.39, 0.29) is 29.8 Å². The Morgan fingerprint density at radius 2 is 2.04 bits per heavy atom. The van der Waals surface area contributed by atoms with Crippen LogP contribution in [0.15, 0.2) is 0 Å². The molecule has 1 aromatic rings. The molecule has 1 aliphatic carbocycles. The highest BCUT2D eigenvalue weighted by Crippen LogP contribution is 2.36. The van der Waals surface area contributed by atoms with Crippen LogP contribution < -0.4 is 5.73 Å². The summed E-state index contributed by atoms with van der Waals surface area (Å²) in [6.07, 6.45) is -0.773. The van der Waals surface area contributed by atoms with Crippen LogP contribution in [0.4, 0.5) is 13.2 Å². The molecule has 0 radical (unpaired) electrons. The van der Waals surface area contributed by atoms with Crippen LogP contribution in [0, 0.1) is 12.8 Å². The van der Waals surface area contributed by atoms with Crippen molar-refractivity contribution >= 4 is 5.91 Å². The monoisotopic (exact) mass is 356 g/mol. The number of rotatable bonds is 2. The maximum atomic E-state index is 13.4. The van der Waals surface area contributed by atoms with Crippen molar-refractivity contribution in [3.05, 3.63) is 22.8 Å². The maximum absolute atomic E-state index is 13.4. The number of halogens is 3. The zero-order valence-corrected chi connectivity index (χ0v) is 14.3. The summed E-state index contributed by atoms with van der Waals surface area (Å²) < 4.78 is 40.1. The van der Waals surface area contributed by atoms with Gasteiger partial charge in [-0.15, -0.1) is 0 Å². The largest absolute Gasteiger partial charge is 0.433 e. The summed E-state index contributed by atoms with van der Waals surface area (Å²) in [5.74, 6) is -0.406. The molecule has 138 valence electrons. The molecular weight excluding hydrogens is 333 g/mol. The number of aryl methyl sites for hydroxylation is 2. The van der Waals surface area contributed by atoms with Gasteiger partial charge in [0.2, 0.25) is 5.91 Å². The highest BCUT2D eigenvalue weighted by molar-refractivity contribution is 5.80. The fourth-order valence-corrected chi connectivity index (χ4v) is 3.95. The number of piperidine rings is 1. The predicted octanol–water partition coefficient (Wildman–Crippen LogP) is 2.25. The van der Waals surface area contributed by atoms with Gasteiger partial charge >= 0.3 is 6.18 Å². The number of nitrogens with zero attached hydrogens (tertiary/aromatic N) is 3. The van der Waals surface area contributed by atoms with Crippen LogP contribution in [0.25, 0.3) is 0 Å². The van der Waals surface area contributed by atoms with Crippen molar-refractivity contribution in [3.8, 4) is 0 Å². The van der Waals surface area contributed by atoms with Crippen LogP contribution in [0.3, 0.4) is 0 Å². The van der Waals surface area contributed by atoms with Gasteiger partial charge in [-0.2, -0.15) is 13.2 Å². The lowest BCUT2D eigenvalue weighted by atomic mass is 9.83. The van der Waals surface area contributed by atoms with Crippen molar-refractivity contribution in [1.29, 1.82) is 0 Å². The standard InChI is InChI=1S/C17H23F3N4O/c1-10-22-14-6-5-11(8-13(14)15(23-10)17(18,19)20)16(25)24-7-3-2-4-12(24)9-21/h11-12H,2-9,21H2,1H3. The molecule has 1 aromatic heterocycles. The van der Waals surface area contributed by atoms with Gasteiger partial charge in [0.05, 0.1) is 0 Å². The number of alkyl halides is 3. The predicted molar refractivity (Wildman–Crippen MR) is 85.7 cm³/mol. The van der Waals surface area contributed by atoms with Crippen molar-refractivity contribution in [2.75, 3.05) is 13.1 Å². The molecule has 2 atom stereocenters. The molecule has 1 aliphatic heterocycles. The SMILES string of the molecule is Cc1nc2c(c(C(F)(F)F)n1)CC(C(=O)N1CCCCC1CN)CC2. The molecule has 25 heavy (non-hydrogen) atoms. The normalized spacial score (nSPS) is 24.1. The number of nitrogens with two attached hydrogens (primary N) is 1. The zero-order valence-electron chi connectivity index (χ0n) is 14.3. The van der Waals surface area contributed by atoms with Crippen molar-refractivity contribution < 1.29 is 18.0 Å². The third kappa shape index (κ3) is 3.63. The molecule has 0 spiro atoms. The summed E-state index contributed by atoms with van der Waals surface area (Å²) in [6.45, 7) is 2.50. The van der Waals surface area contributed by atoms with Crippen molar-refractivity contribution in [1.82, 2.24) is 14.9 Å². The molecule has 1 fully saturated rings. The van der Waals surface area contributed by atoms with Crippen LogP contribution in [-0.4, -0.2) is 39.9 Å². The van der Waals surface area contributed by atoms with E-state index in [0.717, 1.165) is 19.3 Å². The molecule has 2 heterocycles. The summed E-state index contributed by atoms with van der Waals surface area (Å²) in [6, 6.07) is -0.000925. The Labute approximate surface area is 144 Å². The second kappa shape index (κ2) is 6.90. The van der Waals surface area contributed by atoms with E-state index in [1.165, 1.54) is 6.92 Å². The van der Waals surface area contributed by atoms with Gasteiger partial charge in [0.15, 0.2) is 5.69 Å². The van der Waals surface area contributed by atoms with Crippen LogP contribution in [0.5, 0.6) is 0 Å². The Bertz CT molecular complexity index is 662. The number of likely N-dealkylation sites (tertiary alicyclic amines) is 1. The van der Waals surface area contributed by atoms with Gasteiger partial charge in [-0.3, -0.25) is 4.79 Å². The number of hydrogen-bond donors (Lipinski definition) is 1. The average Bonchev–Trinajstić information content (AvgIpc) is 2.59. The second-order valence-corrected chi connectivity index (χ2v) is 6.90. The van der Waals surface area contributed by atoms with Crippen molar-refractivity contribution in [2.45, 2.75) is 57.7 Å². The first-order valence-corrected chi connectivity index (χ1v) is 8.75. The first-order valence-electron chi connectivity index (χ1n) is 8.75. The molecule has 2 N–H and O–H groups in total. The van der Waals surface area contributed by atoms with Gasteiger partial charge in [-0.1, -0.05) is 0 Å². The molecular formula is C17H23F3N4O. The number of amides is 1. The highest BCUT2D eigenvalue weighted by atomic mass is 19.4. The lowest BCUT2D eigenvalue weighted by Crippen LogP contribution is -2.50. The first kappa shape index (κ1) is 18.1. The Morgan fingerprint density at radius 3 is 2.72 bits per heavy atom. The van der Waals surface area contributed by atoms with E-state index in [1.54, 1.807) is 4.90 Å². The van der Waals surface area contributed by atoms with Crippen LogP contribution >= 0.6 is 0 Å². The summed E-state index contributed by atoms with van der Waals surface area (Å²) >= 11 is 0. The minimum atomic E-state index is -4.53. The van der Waals surface area contributed by atoms with Gasteiger partial charge in [0, 0.05) is 36.3 Å². The van der Waals surface area contributed by atoms with Gasteiger partial charge in [0.25, 0.3) is 0 Å². The summed E-state index contributed by atoms with van der Waals surface area (Å²) in [5.41, 5.74) is 5.40. The van der Waals surface area contributed by atoms with E-state index in [0.29, 0.717) is 31.6 Å². The number of carbonyl (C=O) groups excluding carboxylic acids is 1. The molecule has 0 bridgehead atoms. The minimum absolute atomic E-state index is 0.000925. The summed E-state index contributed by atoms with van der Waals surface area (Å²) in [7, 11) is 0. The third-order valence-corrected chi connectivity index (χ3v) is 5.18. The van der Waals surface area contributed by atoms with E-state index < -0.39 is 17.8 Å². The number of fused-ring (bicyclic) bond motifs is 1. The third-order valence-electron chi connectivity index (χ3n) is 5.18.